The molecule has 2 heterocycles. The molecule has 0 radical (unpaired) electrons. The van der Waals surface area contributed by atoms with Crippen LogP contribution in [-0.2, 0) is 14.8 Å². The van der Waals surface area contributed by atoms with Gasteiger partial charge in [0, 0.05) is 18.7 Å². The summed E-state index contributed by atoms with van der Waals surface area (Å²) in [6.45, 7) is 2.01. The normalized spacial score (nSPS) is 20.7. The summed E-state index contributed by atoms with van der Waals surface area (Å²) in [5.41, 5.74) is 0.401. The zero-order valence-electron chi connectivity index (χ0n) is 13.4. The van der Waals surface area contributed by atoms with Crippen LogP contribution in [0.25, 0.3) is 0 Å². The number of benzene rings is 1. The van der Waals surface area contributed by atoms with E-state index in [9.17, 15) is 13.2 Å². The number of methoxy groups -OCH3 is 1. The molecule has 0 spiro atoms. The van der Waals surface area contributed by atoms with E-state index in [2.05, 4.69) is 15.4 Å². The first-order chi connectivity index (χ1) is 11.5. The van der Waals surface area contributed by atoms with Crippen molar-refractivity contribution >= 4 is 21.6 Å². The fourth-order valence-corrected chi connectivity index (χ4v) is 4.14. The van der Waals surface area contributed by atoms with Crippen LogP contribution in [0.1, 0.15) is 12.8 Å². The summed E-state index contributed by atoms with van der Waals surface area (Å²) in [6.07, 6.45) is 2.04. The number of hydrogen-bond acceptors (Lipinski definition) is 6. The molecule has 132 valence electrons. The molecule has 1 amide bonds. The zero-order valence-corrected chi connectivity index (χ0v) is 14.2. The molecule has 8 nitrogen and oxygen atoms in total. The van der Waals surface area contributed by atoms with E-state index in [1.165, 1.54) is 19.2 Å². The van der Waals surface area contributed by atoms with Crippen molar-refractivity contribution < 1.29 is 22.7 Å². The summed E-state index contributed by atoms with van der Waals surface area (Å²) in [5, 5.41) is 5.89. The molecule has 3 N–H and O–H groups in total. The van der Waals surface area contributed by atoms with Crippen molar-refractivity contribution in [3.63, 3.8) is 0 Å². The molecule has 1 atom stereocenters. The molecule has 1 unspecified atom stereocenters. The Morgan fingerprint density at radius 2 is 2.25 bits per heavy atom. The first kappa shape index (κ1) is 17.0. The summed E-state index contributed by atoms with van der Waals surface area (Å²) < 4.78 is 38.4. The summed E-state index contributed by atoms with van der Waals surface area (Å²) in [4.78, 5) is 11.4. The van der Waals surface area contributed by atoms with Gasteiger partial charge in [-0.15, -0.1) is 0 Å². The van der Waals surface area contributed by atoms with Crippen LogP contribution in [0.4, 0.5) is 5.69 Å². The number of fused-ring (bicyclic) bond motifs is 1. The Kier molecular flexibility index (Phi) is 4.93. The number of ether oxygens (including phenoxy) is 2. The number of amides is 1. The number of rotatable bonds is 5. The van der Waals surface area contributed by atoms with Gasteiger partial charge in [0.25, 0.3) is 5.91 Å². The highest BCUT2D eigenvalue weighted by molar-refractivity contribution is 7.89. The van der Waals surface area contributed by atoms with Gasteiger partial charge in [0.1, 0.15) is 16.4 Å². The molecule has 0 aliphatic carbocycles. The Morgan fingerprint density at radius 1 is 1.42 bits per heavy atom. The molecule has 0 saturated carbocycles. The highest BCUT2D eigenvalue weighted by Crippen LogP contribution is 2.37. The van der Waals surface area contributed by atoms with E-state index in [0.717, 1.165) is 25.9 Å². The van der Waals surface area contributed by atoms with Crippen molar-refractivity contribution in [2.75, 3.05) is 38.7 Å². The minimum absolute atomic E-state index is 0.00340. The highest BCUT2D eigenvalue weighted by Gasteiger charge is 2.26. The Morgan fingerprint density at radius 3 is 2.96 bits per heavy atom. The minimum atomic E-state index is -3.74. The van der Waals surface area contributed by atoms with Gasteiger partial charge in [0.15, 0.2) is 6.61 Å². The molecular weight excluding hydrogens is 334 g/mol. The number of nitrogens with one attached hydrogen (secondary N) is 3. The maximum Gasteiger partial charge on any atom is 0.262 e. The molecule has 24 heavy (non-hydrogen) atoms. The lowest BCUT2D eigenvalue weighted by Gasteiger charge is -2.24. The fourth-order valence-electron chi connectivity index (χ4n) is 2.86. The van der Waals surface area contributed by atoms with Gasteiger partial charge in [0.2, 0.25) is 10.0 Å². The Bertz CT molecular complexity index is 729. The van der Waals surface area contributed by atoms with E-state index in [4.69, 9.17) is 9.47 Å². The van der Waals surface area contributed by atoms with Gasteiger partial charge < -0.3 is 20.1 Å². The van der Waals surface area contributed by atoms with E-state index in [1.54, 1.807) is 0 Å². The summed E-state index contributed by atoms with van der Waals surface area (Å²) in [6, 6.07) is 2.85. The number of carbonyl (C=O) groups excluding carboxylic acids is 1. The van der Waals surface area contributed by atoms with E-state index in [0.29, 0.717) is 18.0 Å². The molecule has 9 heteroatoms. The van der Waals surface area contributed by atoms with Crippen molar-refractivity contribution in [2.45, 2.75) is 17.7 Å². The smallest absolute Gasteiger partial charge is 0.262 e. The van der Waals surface area contributed by atoms with Gasteiger partial charge in [-0.25, -0.2) is 13.1 Å². The van der Waals surface area contributed by atoms with E-state index >= 15 is 0 Å². The molecule has 1 saturated heterocycles. The molecule has 1 aromatic carbocycles. The van der Waals surface area contributed by atoms with E-state index in [1.807, 2.05) is 0 Å². The lowest BCUT2D eigenvalue weighted by Crippen LogP contribution is -2.38. The Hall–Kier alpha value is -1.84. The number of piperidine rings is 1. The maximum atomic E-state index is 12.7. The van der Waals surface area contributed by atoms with Gasteiger partial charge in [-0.05, 0) is 31.8 Å². The standard InChI is InChI=1S/C15H21N3O5S/c1-22-13-5-11-12(23-9-15(19)18-11)6-14(13)24(20,21)17-8-10-3-2-4-16-7-10/h5-6,10,16-17H,2-4,7-9H2,1H3,(H,18,19). The molecular formula is C15H21N3O5S. The van der Waals surface area contributed by atoms with Crippen molar-refractivity contribution in [1.82, 2.24) is 10.0 Å². The third-order valence-corrected chi connectivity index (χ3v) is 5.59. The molecule has 0 aromatic heterocycles. The van der Waals surface area contributed by atoms with Crippen LogP contribution >= 0.6 is 0 Å². The quantitative estimate of drug-likeness (QED) is 0.702. The third kappa shape index (κ3) is 3.63. The van der Waals surface area contributed by atoms with Crippen LogP contribution in [0.15, 0.2) is 17.0 Å². The molecule has 2 aliphatic rings. The first-order valence-electron chi connectivity index (χ1n) is 7.84. The first-order valence-corrected chi connectivity index (χ1v) is 9.33. The van der Waals surface area contributed by atoms with Crippen molar-refractivity contribution in [3.05, 3.63) is 12.1 Å². The third-order valence-electron chi connectivity index (χ3n) is 4.15. The molecule has 1 fully saturated rings. The average molecular weight is 355 g/mol. The van der Waals surface area contributed by atoms with Crippen LogP contribution in [-0.4, -0.2) is 47.7 Å². The number of hydrogen-bond donors (Lipinski definition) is 3. The molecule has 0 bridgehead atoms. The zero-order chi connectivity index (χ0) is 17.2. The van der Waals surface area contributed by atoms with E-state index < -0.39 is 10.0 Å². The monoisotopic (exact) mass is 355 g/mol. The topological polar surface area (TPSA) is 106 Å². The molecule has 2 aliphatic heterocycles. The molecule has 1 aromatic rings. The second-order valence-electron chi connectivity index (χ2n) is 5.90. The SMILES string of the molecule is COc1cc2c(cc1S(=O)(=O)NCC1CCCNC1)OCC(=O)N2. The summed E-state index contributed by atoms with van der Waals surface area (Å²) in [7, 11) is -2.36. The van der Waals surface area contributed by atoms with Crippen LogP contribution in [0.5, 0.6) is 11.5 Å². The summed E-state index contributed by atoms with van der Waals surface area (Å²) in [5.74, 6) is 0.458. The van der Waals surface area contributed by atoms with Crippen LogP contribution in [0.2, 0.25) is 0 Å². The minimum Gasteiger partial charge on any atom is -0.495 e. The van der Waals surface area contributed by atoms with Crippen LogP contribution < -0.4 is 24.8 Å². The van der Waals surface area contributed by atoms with Gasteiger partial charge >= 0.3 is 0 Å². The lowest BCUT2D eigenvalue weighted by atomic mass is 10.0. The predicted molar refractivity (Wildman–Crippen MR) is 87.9 cm³/mol. The maximum absolute atomic E-state index is 12.7. The van der Waals surface area contributed by atoms with Crippen molar-refractivity contribution in [1.29, 1.82) is 0 Å². The van der Waals surface area contributed by atoms with Gasteiger partial charge in [-0.3, -0.25) is 4.79 Å². The van der Waals surface area contributed by atoms with Gasteiger partial charge in [0.05, 0.1) is 12.8 Å². The number of anilines is 1. The number of sulfonamides is 1. The van der Waals surface area contributed by atoms with Crippen molar-refractivity contribution in [3.8, 4) is 11.5 Å². The lowest BCUT2D eigenvalue weighted by molar-refractivity contribution is -0.118. The van der Waals surface area contributed by atoms with Crippen molar-refractivity contribution in [2.24, 2.45) is 5.92 Å². The second-order valence-corrected chi connectivity index (χ2v) is 7.64. The average Bonchev–Trinajstić information content (AvgIpc) is 2.59. The Labute approximate surface area is 141 Å². The van der Waals surface area contributed by atoms with Crippen LogP contribution in [0, 0.1) is 5.92 Å². The summed E-state index contributed by atoms with van der Waals surface area (Å²) >= 11 is 0. The second kappa shape index (κ2) is 6.96. The largest absolute Gasteiger partial charge is 0.495 e. The highest BCUT2D eigenvalue weighted by atomic mass is 32.2. The molecule has 3 rings (SSSR count). The predicted octanol–water partition coefficient (Wildman–Crippen LogP) is 0.304. The van der Waals surface area contributed by atoms with E-state index in [-0.39, 0.29) is 29.1 Å². The van der Waals surface area contributed by atoms with Crippen LogP contribution in [0.3, 0.4) is 0 Å². The Balaban J connectivity index is 1.82. The van der Waals surface area contributed by atoms with Gasteiger partial charge in [-0.1, -0.05) is 0 Å². The van der Waals surface area contributed by atoms with Gasteiger partial charge in [-0.2, -0.15) is 0 Å². The fraction of sp³-hybridized carbons (Fsp3) is 0.533. The number of carbonyl (C=O) groups is 1.